The minimum absolute atomic E-state index is 0.149. The van der Waals surface area contributed by atoms with Gasteiger partial charge in [0.2, 0.25) is 0 Å². The molecule has 1 fully saturated rings. The van der Waals surface area contributed by atoms with Crippen molar-refractivity contribution in [1.82, 2.24) is 24.8 Å². The summed E-state index contributed by atoms with van der Waals surface area (Å²) in [5, 5.41) is 8.96. The van der Waals surface area contributed by atoms with Crippen LogP contribution in [0, 0.1) is 5.82 Å². The average molecular weight is 500 g/mol. The number of nitrogens with zero attached hydrogens (tertiary/aromatic N) is 5. The van der Waals surface area contributed by atoms with Crippen LogP contribution in [-0.4, -0.2) is 69.4 Å². The van der Waals surface area contributed by atoms with Crippen molar-refractivity contribution < 1.29 is 23.5 Å². The maximum Gasteiger partial charge on any atom is 0.276 e. The van der Waals surface area contributed by atoms with Crippen molar-refractivity contribution in [2.45, 2.75) is 19.3 Å². The highest BCUT2D eigenvalue weighted by Gasteiger charge is 2.32. The first-order valence-electron chi connectivity index (χ1n) is 11.2. The lowest BCUT2D eigenvalue weighted by Gasteiger charge is -2.34. The molecular weight excluding hydrogens is 477 g/mol. The first-order chi connectivity index (χ1) is 17.0. The van der Waals surface area contributed by atoms with E-state index in [0.717, 1.165) is 5.56 Å². The van der Waals surface area contributed by atoms with Gasteiger partial charge in [-0.3, -0.25) is 9.59 Å². The number of rotatable bonds is 5. The number of amides is 2. The van der Waals surface area contributed by atoms with Crippen molar-refractivity contribution >= 4 is 23.4 Å². The molecule has 3 heterocycles. The molecule has 1 unspecified atom stereocenters. The Kier molecular flexibility index (Phi) is 6.65. The maximum absolute atomic E-state index is 13.1. The van der Waals surface area contributed by atoms with E-state index < -0.39 is 0 Å². The number of carbonyl (C=O) groups excluding carboxylic acids is 2. The van der Waals surface area contributed by atoms with Gasteiger partial charge in [-0.15, -0.1) is 5.10 Å². The summed E-state index contributed by atoms with van der Waals surface area (Å²) in [6.45, 7) is 2.05. The molecular formula is C24H23ClFN5O4. The molecule has 0 N–H and O–H groups in total. The zero-order valence-electron chi connectivity index (χ0n) is 18.8. The predicted octanol–water partition coefficient (Wildman–Crippen LogP) is 2.71. The van der Waals surface area contributed by atoms with Crippen LogP contribution in [0.4, 0.5) is 4.39 Å². The molecule has 2 aliphatic rings. The molecule has 3 aromatic rings. The fraction of sp³-hybridized carbons (Fsp3) is 0.333. The molecule has 0 bridgehead atoms. The summed E-state index contributed by atoms with van der Waals surface area (Å²) in [5.74, 6) is -0.365. The third-order valence-electron chi connectivity index (χ3n) is 6.14. The van der Waals surface area contributed by atoms with Crippen LogP contribution < -0.4 is 4.74 Å². The molecule has 11 heteroatoms. The van der Waals surface area contributed by atoms with Gasteiger partial charge >= 0.3 is 0 Å². The van der Waals surface area contributed by atoms with Gasteiger partial charge in [-0.1, -0.05) is 28.9 Å². The number of benzene rings is 2. The van der Waals surface area contributed by atoms with Gasteiger partial charge < -0.3 is 19.3 Å². The van der Waals surface area contributed by atoms with Crippen molar-refractivity contribution in [3.05, 3.63) is 76.3 Å². The zero-order valence-corrected chi connectivity index (χ0v) is 19.5. The normalized spacial score (nSPS) is 17.7. The Morgan fingerprint density at radius 2 is 1.71 bits per heavy atom. The summed E-state index contributed by atoms with van der Waals surface area (Å²) in [5.41, 5.74) is 1.90. The molecule has 0 radical (unpaired) electrons. The number of carbonyl (C=O) groups is 2. The first kappa shape index (κ1) is 23.3. The van der Waals surface area contributed by atoms with E-state index in [1.807, 2.05) is 24.3 Å². The van der Waals surface area contributed by atoms with E-state index in [2.05, 4.69) is 10.3 Å². The molecule has 0 saturated carbocycles. The van der Waals surface area contributed by atoms with Crippen LogP contribution in [0.1, 0.15) is 27.8 Å². The highest BCUT2D eigenvalue weighted by Crippen LogP contribution is 2.28. The Balaban J connectivity index is 1.15. The van der Waals surface area contributed by atoms with Crippen LogP contribution in [0.3, 0.4) is 0 Å². The predicted molar refractivity (Wildman–Crippen MR) is 123 cm³/mol. The standard InChI is InChI=1S/C24H23ClFN5O4/c25-17-3-1-16(2-4-17)21-13-31-20(14-35-21)23(27-28-31)24(33)30-11-9-29(10-12-30)22(32)15-34-19-7-5-18(26)6-8-19/h1-8,21H,9-15H2. The van der Waals surface area contributed by atoms with Gasteiger partial charge in [0.15, 0.2) is 12.3 Å². The topological polar surface area (TPSA) is 89.8 Å². The van der Waals surface area contributed by atoms with Crippen molar-refractivity contribution in [2.75, 3.05) is 32.8 Å². The van der Waals surface area contributed by atoms with Crippen molar-refractivity contribution in [1.29, 1.82) is 0 Å². The van der Waals surface area contributed by atoms with Crippen molar-refractivity contribution in [3.8, 4) is 5.75 Å². The molecule has 9 nitrogen and oxygen atoms in total. The van der Waals surface area contributed by atoms with E-state index >= 15 is 0 Å². The lowest BCUT2D eigenvalue weighted by Crippen LogP contribution is -2.51. The van der Waals surface area contributed by atoms with E-state index in [1.54, 1.807) is 14.5 Å². The summed E-state index contributed by atoms with van der Waals surface area (Å²) >= 11 is 5.97. The van der Waals surface area contributed by atoms with E-state index in [0.29, 0.717) is 49.2 Å². The Labute approximate surface area is 206 Å². The second kappa shape index (κ2) is 10.0. The summed E-state index contributed by atoms with van der Waals surface area (Å²) in [4.78, 5) is 28.9. The summed E-state index contributed by atoms with van der Waals surface area (Å²) in [6.07, 6.45) is -0.198. The molecule has 1 aromatic heterocycles. The Hall–Kier alpha value is -3.50. The number of ether oxygens (including phenoxy) is 2. The van der Waals surface area contributed by atoms with Crippen LogP contribution in [-0.2, 0) is 22.7 Å². The van der Waals surface area contributed by atoms with Crippen LogP contribution in [0.25, 0.3) is 0 Å². The van der Waals surface area contributed by atoms with Gasteiger partial charge in [0, 0.05) is 31.2 Å². The fourth-order valence-electron chi connectivity index (χ4n) is 4.13. The monoisotopic (exact) mass is 499 g/mol. The second-order valence-electron chi connectivity index (χ2n) is 8.33. The Morgan fingerprint density at radius 3 is 2.43 bits per heavy atom. The van der Waals surface area contributed by atoms with Crippen LogP contribution in [0.5, 0.6) is 5.75 Å². The number of hydrogen-bond acceptors (Lipinski definition) is 6. The summed E-state index contributed by atoms with van der Waals surface area (Å²) in [6, 6.07) is 12.9. The largest absolute Gasteiger partial charge is 0.484 e. The van der Waals surface area contributed by atoms with Gasteiger partial charge in [-0.25, -0.2) is 9.07 Å². The smallest absolute Gasteiger partial charge is 0.276 e. The molecule has 1 saturated heterocycles. The maximum atomic E-state index is 13.1. The lowest BCUT2D eigenvalue weighted by molar-refractivity contribution is -0.134. The fourth-order valence-corrected chi connectivity index (χ4v) is 4.26. The Bertz CT molecular complexity index is 1210. The van der Waals surface area contributed by atoms with Gasteiger partial charge in [-0.05, 0) is 42.0 Å². The lowest BCUT2D eigenvalue weighted by atomic mass is 10.1. The average Bonchev–Trinajstić information content (AvgIpc) is 3.31. The highest BCUT2D eigenvalue weighted by atomic mass is 35.5. The van der Waals surface area contributed by atoms with Gasteiger partial charge in [0.05, 0.1) is 18.8 Å². The summed E-state index contributed by atoms with van der Waals surface area (Å²) in [7, 11) is 0. The van der Waals surface area contributed by atoms with E-state index in [-0.39, 0.29) is 42.6 Å². The number of hydrogen-bond donors (Lipinski definition) is 0. The molecule has 35 heavy (non-hydrogen) atoms. The summed E-state index contributed by atoms with van der Waals surface area (Å²) < 4.78 is 26.1. The third-order valence-corrected chi connectivity index (χ3v) is 6.39. The SMILES string of the molecule is O=C(COc1ccc(F)cc1)N1CCN(C(=O)c2nnn3c2COC(c2ccc(Cl)cc2)C3)CC1. The highest BCUT2D eigenvalue weighted by molar-refractivity contribution is 6.30. The first-order valence-corrected chi connectivity index (χ1v) is 11.6. The molecule has 2 aliphatic heterocycles. The van der Waals surface area contributed by atoms with Gasteiger partial charge in [0.1, 0.15) is 17.7 Å². The van der Waals surface area contributed by atoms with Crippen molar-refractivity contribution in [2.24, 2.45) is 0 Å². The number of fused-ring (bicyclic) bond motifs is 1. The number of piperazine rings is 1. The molecule has 0 spiro atoms. The zero-order chi connectivity index (χ0) is 24.4. The van der Waals surface area contributed by atoms with E-state index in [9.17, 15) is 14.0 Å². The van der Waals surface area contributed by atoms with Crippen LogP contribution >= 0.6 is 11.6 Å². The molecule has 182 valence electrons. The van der Waals surface area contributed by atoms with E-state index in [1.165, 1.54) is 24.3 Å². The van der Waals surface area contributed by atoms with Crippen LogP contribution in [0.2, 0.25) is 5.02 Å². The molecule has 1 atom stereocenters. The number of aromatic nitrogens is 3. The Morgan fingerprint density at radius 1 is 1.03 bits per heavy atom. The quantitative estimate of drug-likeness (QED) is 0.536. The van der Waals surface area contributed by atoms with E-state index in [4.69, 9.17) is 21.1 Å². The van der Waals surface area contributed by atoms with Gasteiger partial charge in [0.25, 0.3) is 11.8 Å². The minimum atomic E-state index is -0.369. The molecule has 2 amide bonds. The van der Waals surface area contributed by atoms with Crippen LogP contribution in [0.15, 0.2) is 48.5 Å². The minimum Gasteiger partial charge on any atom is -0.484 e. The molecule has 0 aliphatic carbocycles. The second-order valence-corrected chi connectivity index (χ2v) is 8.77. The number of halogens is 2. The molecule has 5 rings (SSSR count). The van der Waals surface area contributed by atoms with Crippen molar-refractivity contribution in [3.63, 3.8) is 0 Å². The molecule has 2 aromatic carbocycles. The van der Waals surface area contributed by atoms with Gasteiger partial charge in [-0.2, -0.15) is 0 Å². The third kappa shape index (κ3) is 5.13.